The molecule has 2 aromatic carbocycles. The van der Waals surface area contributed by atoms with Crippen molar-refractivity contribution in [3.8, 4) is 0 Å². The fourth-order valence-corrected chi connectivity index (χ4v) is 3.34. The van der Waals surface area contributed by atoms with Crippen LogP contribution in [0.3, 0.4) is 0 Å². The van der Waals surface area contributed by atoms with Crippen molar-refractivity contribution in [2.75, 3.05) is 0 Å². The van der Waals surface area contributed by atoms with Crippen LogP contribution in [0.15, 0.2) is 41.3 Å². The normalized spacial score (nSPS) is 10.7. The molecular weight excluding hydrogens is 274 g/mol. The summed E-state index contributed by atoms with van der Waals surface area (Å²) in [6.45, 7) is 4.79. The van der Waals surface area contributed by atoms with Gasteiger partial charge in [0.2, 0.25) is 0 Å². The molecular formula is C16H18ClNS. The van der Waals surface area contributed by atoms with Gasteiger partial charge in [-0.3, -0.25) is 0 Å². The van der Waals surface area contributed by atoms with Crippen LogP contribution in [0.2, 0.25) is 5.02 Å². The maximum atomic E-state index is 5.99. The molecule has 0 bridgehead atoms. The van der Waals surface area contributed by atoms with Gasteiger partial charge in [-0.15, -0.1) is 11.8 Å². The van der Waals surface area contributed by atoms with Crippen LogP contribution in [-0.2, 0) is 12.3 Å². The zero-order chi connectivity index (χ0) is 13.8. The largest absolute Gasteiger partial charge is 0.326 e. The summed E-state index contributed by atoms with van der Waals surface area (Å²) in [6, 6.07) is 12.6. The summed E-state index contributed by atoms with van der Waals surface area (Å²) in [5.74, 6) is 0.956. The van der Waals surface area contributed by atoms with Gasteiger partial charge < -0.3 is 5.73 Å². The maximum Gasteiger partial charge on any atom is 0.0410 e. The third kappa shape index (κ3) is 4.00. The molecule has 3 heteroatoms. The molecule has 0 unspecified atom stereocenters. The van der Waals surface area contributed by atoms with E-state index in [9.17, 15) is 0 Å². The fourth-order valence-electron chi connectivity index (χ4n) is 2.16. The van der Waals surface area contributed by atoms with Crippen molar-refractivity contribution in [3.05, 3.63) is 63.7 Å². The number of hydrogen-bond acceptors (Lipinski definition) is 2. The number of nitrogens with two attached hydrogens (primary N) is 1. The van der Waals surface area contributed by atoms with Crippen molar-refractivity contribution in [2.45, 2.75) is 31.0 Å². The van der Waals surface area contributed by atoms with Crippen LogP contribution in [-0.4, -0.2) is 0 Å². The van der Waals surface area contributed by atoms with Gasteiger partial charge in [-0.05, 0) is 43.2 Å². The lowest BCUT2D eigenvalue weighted by molar-refractivity contribution is 1.03. The first-order valence-corrected chi connectivity index (χ1v) is 7.63. The Morgan fingerprint density at radius 3 is 2.37 bits per heavy atom. The van der Waals surface area contributed by atoms with Gasteiger partial charge in [-0.2, -0.15) is 0 Å². The lowest BCUT2D eigenvalue weighted by Crippen LogP contribution is -1.98. The molecule has 0 radical (unpaired) electrons. The van der Waals surface area contributed by atoms with E-state index in [0.29, 0.717) is 6.54 Å². The Morgan fingerprint density at radius 2 is 1.74 bits per heavy atom. The molecule has 100 valence electrons. The molecule has 0 amide bonds. The highest BCUT2D eigenvalue weighted by atomic mass is 35.5. The molecule has 19 heavy (non-hydrogen) atoms. The van der Waals surface area contributed by atoms with E-state index in [1.165, 1.54) is 21.6 Å². The maximum absolute atomic E-state index is 5.99. The second-order valence-corrected chi connectivity index (χ2v) is 6.19. The Kier molecular flexibility index (Phi) is 4.92. The van der Waals surface area contributed by atoms with E-state index in [1.54, 1.807) is 0 Å². The summed E-state index contributed by atoms with van der Waals surface area (Å²) in [5.41, 5.74) is 10.8. The van der Waals surface area contributed by atoms with Gasteiger partial charge in [0.1, 0.15) is 0 Å². The van der Waals surface area contributed by atoms with Crippen molar-refractivity contribution in [2.24, 2.45) is 5.73 Å². The van der Waals surface area contributed by atoms with Gasteiger partial charge in [-0.1, -0.05) is 40.9 Å². The van der Waals surface area contributed by atoms with Crippen LogP contribution in [0.1, 0.15) is 22.3 Å². The van der Waals surface area contributed by atoms with Crippen LogP contribution in [0.5, 0.6) is 0 Å². The number of hydrogen-bond donors (Lipinski definition) is 1. The van der Waals surface area contributed by atoms with Gasteiger partial charge in [0, 0.05) is 22.2 Å². The summed E-state index contributed by atoms with van der Waals surface area (Å²) >= 11 is 7.80. The molecule has 2 rings (SSSR count). The third-order valence-corrected chi connectivity index (χ3v) is 4.34. The van der Waals surface area contributed by atoms with E-state index in [4.69, 9.17) is 17.3 Å². The van der Waals surface area contributed by atoms with Crippen LogP contribution < -0.4 is 5.73 Å². The van der Waals surface area contributed by atoms with E-state index in [2.05, 4.69) is 38.1 Å². The standard InChI is InChI=1S/C16H18ClNS/c1-11-5-12(2)7-13(6-11)10-19-16-4-3-15(17)8-14(16)9-18/h3-8H,9-10,18H2,1-2H3. The summed E-state index contributed by atoms with van der Waals surface area (Å²) in [7, 11) is 0. The Labute approximate surface area is 124 Å². The second kappa shape index (κ2) is 6.47. The van der Waals surface area contributed by atoms with Crippen molar-refractivity contribution < 1.29 is 0 Å². The minimum Gasteiger partial charge on any atom is -0.326 e. The SMILES string of the molecule is Cc1cc(C)cc(CSc2ccc(Cl)cc2CN)c1. The topological polar surface area (TPSA) is 26.0 Å². The molecule has 2 aromatic rings. The molecule has 0 saturated carbocycles. The Hall–Kier alpha value is -0.960. The van der Waals surface area contributed by atoms with Crippen LogP contribution in [0.4, 0.5) is 0 Å². The average molecular weight is 292 g/mol. The molecule has 0 aromatic heterocycles. The van der Waals surface area contributed by atoms with Crippen molar-refractivity contribution in [1.29, 1.82) is 0 Å². The quantitative estimate of drug-likeness (QED) is 0.826. The highest BCUT2D eigenvalue weighted by Crippen LogP contribution is 2.28. The van der Waals surface area contributed by atoms with Gasteiger partial charge in [0.05, 0.1) is 0 Å². The number of halogens is 1. The van der Waals surface area contributed by atoms with Gasteiger partial charge in [-0.25, -0.2) is 0 Å². The van der Waals surface area contributed by atoms with Crippen LogP contribution >= 0.6 is 23.4 Å². The van der Waals surface area contributed by atoms with Gasteiger partial charge >= 0.3 is 0 Å². The molecule has 0 aliphatic heterocycles. The predicted octanol–water partition coefficient (Wildman–Crippen LogP) is 4.71. The van der Waals surface area contributed by atoms with Gasteiger partial charge in [0.25, 0.3) is 0 Å². The molecule has 0 atom stereocenters. The van der Waals surface area contributed by atoms with Crippen molar-refractivity contribution in [3.63, 3.8) is 0 Å². The molecule has 1 nitrogen and oxygen atoms in total. The average Bonchev–Trinajstić information content (AvgIpc) is 2.36. The van der Waals surface area contributed by atoms with Gasteiger partial charge in [0.15, 0.2) is 0 Å². The molecule has 0 fully saturated rings. The fraction of sp³-hybridized carbons (Fsp3) is 0.250. The Balaban J connectivity index is 2.14. The Bertz CT molecular complexity index is 561. The molecule has 0 heterocycles. The molecule has 0 aliphatic rings. The number of thioether (sulfide) groups is 1. The first kappa shape index (κ1) is 14.4. The summed E-state index contributed by atoms with van der Waals surface area (Å²) < 4.78 is 0. The summed E-state index contributed by atoms with van der Waals surface area (Å²) in [6.07, 6.45) is 0. The molecule has 0 spiro atoms. The first-order valence-electron chi connectivity index (χ1n) is 6.27. The molecule has 0 saturated heterocycles. The van der Waals surface area contributed by atoms with E-state index in [-0.39, 0.29) is 0 Å². The smallest absolute Gasteiger partial charge is 0.0410 e. The van der Waals surface area contributed by atoms with E-state index < -0.39 is 0 Å². The van der Waals surface area contributed by atoms with E-state index in [0.717, 1.165) is 16.3 Å². The minimum absolute atomic E-state index is 0.524. The second-order valence-electron chi connectivity index (χ2n) is 4.74. The van der Waals surface area contributed by atoms with Crippen LogP contribution in [0.25, 0.3) is 0 Å². The van der Waals surface area contributed by atoms with Crippen molar-refractivity contribution >= 4 is 23.4 Å². The highest BCUT2D eigenvalue weighted by Gasteiger charge is 2.04. The zero-order valence-electron chi connectivity index (χ0n) is 11.2. The lowest BCUT2D eigenvalue weighted by Gasteiger charge is -2.09. The zero-order valence-corrected chi connectivity index (χ0v) is 12.8. The first-order chi connectivity index (χ1) is 9.08. The Morgan fingerprint density at radius 1 is 1.05 bits per heavy atom. The summed E-state index contributed by atoms with van der Waals surface area (Å²) in [5, 5.41) is 0.746. The van der Waals surface area contributed by atoms with E-state index >= 15 is 0 Å². The molecule has 2 N–H and O–H groups in total. The number of benzene rings is 2. The monoisotopic (exact) mass is 291 g/mol. The van der Waals surface area contributed by atoms with Crippen LogP contribution in [0, 0.1) is 13.8 Å². The lowest BCUT2D eigenvalue weighted by atomic mass is 10.1. The highest BCUT2D eigenvalue weighted by molar-refractivity contribution is 7.98. The minimum atomic E-state index is 0.524. The molecule has 0 aliphatic carbocycles. The predicted molar refractivity (Wildman–Crippen MR) is 84.8 cm³/mol. The number of rotatable bonds is 4. The van der Waals surface area contributed by atoms with Crippen molar-refractivity contribution in [1.82, 2.24) is 0 Å². The third-order valence-electron chi connectivity index (χ3n) is 2.92. The number of aryl methyl sites for hydroxylation is 2. The van der Waals surface area contributed by atoms with E-state index in [1.807, 2.05) is 23.9 Å². The summed E-state index contributed by atoms with van der Waals surface area (Å²) in [4.78, 5) is 1.21.